The standard InChI is InChI=1S/C20H27N3O5/c1-4-28-20(27)22-10-8-18(9-11-22)23(15(3)25)13-19(26)21-17-7-5-6-16(12-17)14(2)24/h5-7,12,18H,4,8-11,13H2,1-3H3,(H,21,26). The topological polar surface area (TPSA) is 96.0 Å². The molecule has 8 heteroatoms. The Morgan fingerprint density at radius 1 is 1.18 bits per heavy atom. The van der Waals surface area contributed by atoms with Crippen LogP contribution >= 0.6 is 0 Å². The fourth-order valence-corrected chi connectivity index (χ4v) is 3.24. The first-order chi connectivity index (χ1) is 13.3. The molecule has 2 rings (SSSR count). The quantitative estimate of drug-likeness (QED) is 0.753. The van der Waals surface area contributed by atoms with Crippen LogP contribution in [0.15, 0.2) is 24.3 Å². The fourth-order valence-electron chi connectivity index (χ4n) is 3.24. The number of nitrogens with zero attached hydrogens (tertiary/aromatic N) is 2. The van der Waals surface area contributed by atoms with Crippen molar-refractivity contribution in [3.8, 4) is 0 Å². The highest BCUT2D eigenvalue weighted by atomic mass is 16.6. The number of anilines is 1. The Hall–Kier alpha value is -2.90. The first kappa shape index (κ1) is 21.4. The Balaban J connectivity index is 1.95. The van der Waals surface area contributed by atoms with E-state index >= 15 is 0 Å². The van der Waals surface area contributed by atoms with E-state index in [9.17, 15) is 19.2 Å². The summed E-state index contributed by atoms with van der Waals surface area (Å²) in [6, 6.07) is 6.56. The molecule has 1 saturated heterocycles. The van der Waals surface area contributed by atoms with E-state index in [-0.39, 0.29) is 36.3 Å². The lowest BCUT2D eigenvalue weighted by Crippen LogP contribution is -2.50. The van der Waals surface area contributed by atoms with Crippen molar-refractivity contribution in [3.05, 3.63) is 29.8 Å². The Morgan fingerprint density at radius 2 is 1.86 bits per heavy atom. The second-order valence-electron chi connectivity index (χ2n) is 6.75. The zero-order chi connectivity index (χ0) is 20.7. The SMILES string of the molecule is CCOC(=O)N1CCC(N(CC(=O)Nc2cccc(C(C)=O)c2)C(C)=O)CC1. The molecule has 0 radical (unpaired) electrons. The predicted octanol–water partition coefficient (Wildman–Crippen LogP) is 2.30. The van der Waals surface area contributed by atoms with E-state index in [0.717, 1.165) is 0 Å². The average molecular weight is 389 g/mol. The molecule has 0 bridgehead atoms. The van der Waals surface area contributed by atoms with Crippen LogP contribution in [0.3, 0.4) is 0 Å². The summed E-state index contributed by atoms with van der Waals surface area (Å²) in [6.07, 6.45) is 0.829. The molecule has 152 valence electrons. The number of carbonyl (C=O) groups is 4. The lowest BCUT2D eigenvalue weighted by Gasteiger charge is -2.37. The number of nitrogens with one attached hydrogen (secondary N) is 1. The van der Waals surface area contributed by atoms with E-state index in [1.807, 2.05) is 0 Å². The number of rotatable bonds is 6. The van der Waals surface area contributed by atoms with Crippen molar-refractivity contribution in [2.24, 2.45) is 0 Å². The Kier molecular flexibility index (Phi) is 7.54. The Labute approximate surface area is 164 Å². The third-order valence-electron chi connectivity index (χ3n) is 4.70. The van der Waals surface area contributed by atoms with Gasteiger partial charge in [0.05, 0.1) is 6.61 Å². The number of likely N-dealkylation sites (tertiary alicyclic amines) is 1. The molecule has 8 nitrogen and oxygen atoms in total. The van der Waals surface area contributed by atoms with Gasteiger partial charge >= 0.3 is 6.09 Å². The van der Waals surface area contributed by atoms with Crippen LogP contribution in [-0.4, -0.2) is 65.8 Å². The molecule has 28 heavy (non-hydrogen) atoms. The normalized spacial score (nSPS) is 14.3. The first-order valence-corrected chi connectivity index (χ1v) is 9.41. The van der Waals surface area contributed by atoms with Crippen LogP contribution < -0.4 is 5.32 Å². The van der Waals surface area contributed by atoms with E-state index in [0.29, 0.717) is 43.8 Å². The molecule has 0 saturated carbocycles. The van der Waals surface area contributed by atoms with Crippen LogP contribution in [0.2, 0.25) is 0 Å². The van der Waals surface area contributed by atoms with E-state index < -0.39 is 0 Å². The zero-order valence-electron chi connectivity index (χ0n) is 16.6. The maximum atomic E-state index is 12.4. The van der Waals surface area contributed by atoms with Crippen molar-refractivity contribution in [2.75, 3.05) is 31.6 Å². The lowest BCUT2D eigenvalue weighted by molar-refractivity contribution is -0.136. The molecule has 0 unspecified atom stereocenters. The van der Waals surface area contributed by atoms with Crippen molar-refractivity contribution < 1.29 is 23.9 Å². The van der Waals surface area contributed by atoms with Gasteiger partial charge in [0.25, 0.3) is 0 Å². The number of ether oxygens (including phenoxy) is 1. The van der Waals surface area contributed by atoms with Crippen molar-refractivity contribution in [3.63, 3.8) is 0 Å². The molecule has 0 atom stereocenters. The van der Waals surface area contributed by atoms with E-state index in [1.54, 1.807) is 36.1 Å². The summed E-state index contributed by atoms with van der Waals surface area (Å²) < 4.78 is 5.00. The molecule has 0 spiro atoms. The highest BCUT2D eigenvalue weighted by molar-refractivity contribution is 5.98. The summed E-state index contributed by atoms with van der Waals surface area (Å²) >= 11 is 0. The molecule has 3 amide bonds. The van der Waals surface area contributed by atoms with E-state index in [2.05, 4.69) is 5.32 Å². The third-order valence-corrected chi connectivity index (χ3v) is 4.70. The smallest absolute Gasteiger partial charge is 0.409 e. The summed E-state index contributed by atoms with van der Waals surface area (Å²) in [7, 11) is 0. The molecule has 0 aromatic heterocycles. The van der Waals surface area contributed by atoms with Crippen molar-refractivity contribution >= 4 is 29.4 Å². The minimum atomic E-state index is -0.349. The highest BCUT2D eigenvalue weighted by Gasteiger charge is 2.30. The van der Waals surface area contributed by atoms with Gasteiger partial charge in [-0.1, -0.05) is 12.1 Å². The predicted molar refractivity (Wildman–Crippen MR) is 104 cm³/mol. The summed E-state index contributed by atoms with van der Waals surface area (Å²) in [5.74, 6) is -0.610. The van der Waals surface area contributed by atoms with Gasteiger partial charge < -0.3 is 19.9 Å². The molecule has 1 N–H and O–H groups in total. The molecular formula is C20H27N3O5. The summed E-state index contributed by atoms with van der Waals surface area (Å²) in [6.45, 7) is 5.85. The number of Topliss-reactive ketones (excluding diaryl/α,β-unsaturated/α-hetero) is 1. The number of benzene rings is 1. The molecule has 1 fully saturated rings. The third kappa shape index (κ3) is 5.80. The van der Waals surface area contributed by atoms with Crippen LogP contribution in [0.4, 0.5) is 10.5 Å². The maximum absolute atomic E-state index is 12.4. The average Bonchev–Trinajstić information content (AvgIpc) is 2.66. The van der Waals surface area contributed by atoms with Gasteiger partial charge in [0.2, 0.25) is 11.8 Å². The van der Waals surface area contributed by atoms with Gasteiger partial charge in [-0.05, 0) is 38.8 Å². The van der Waals surface area contributed by atoms with Gasteiger partial charge in [0.1, 0.15) is 6.54 Å². The van der Waals surface area contributed by atoms with Crippen LogP contribution in [0.25, 0.3) is 0 Å². The van der Waals surface area contributed by atoms with Gasteiger partial charge in [-0.2, -0.15) is 0 Å². The lowest BCUT2D eigenvalue weighted by atomic mass is 10.0. The number of hydrogen-bond acceptors (Lipinski definition) is 5. The van der Waals surface area contributed by atoms with E-state index in [1.165, 1.54) is 18.7 Å². The minimum absolute atomic E-state index is 0.0797. The second-order valence-corrected chi connectivity index (χ2v) is 6.75. The highest BCUT2D eigenvalue weighted by Crippen LogP contribution is 2.18. The fraction of sp³-hybridized carbons (Fsp3) is 0.500. The first-order valence-electron chi connectivity index (χ1n) is 9.41. The van der Waals surface area contributed by atoms with Crippen molar-refractivity contribution in [1.82, 2.24) is 9.80 Å². The van der Waals surface area contributed by atoms with Crippen LogP contribution in [0, 0.1) is 0 Å². The summed E-state index contributed by atoms with van der Waals surface area (Å²) in [5, 5.41) is 2.74. The molecule has 0 aliphatic carbocycles. The Bertz CT molecular complexity index is 741. The van der Waals surface area contributed by atoms with Crippen LogP contribution in [0.5, 0.6) is 0 Å². The monoisotopic (exact) mass is 389 g/mol. The zero-order valence-corrected chi connectivity index (χ0v) is 16.6. The molecule has 1 heterocycles. The van der Waals surface area contributed by atoms with E-state index in [4.69, 9.17) is 4.74 Å². The van der Waals surface area contributed by atoms with Gasteiger partial charge in [-0.25, -0.2) is 4.79 Å². The van der Waals surface area contributed by atoms with Crippen LogP contribution in [-0.2, 0) is 14.3 Å². The molecule has 1 aliphatic heterocycles. The minimum Gasteiger partial charge on any atom is -0.450 e. The molecule has 1 aliphatic rings. The van der Waals surface area contributed by atoms with Gasteiger partial charge in [0, 0.05) is 37.3 Å². The van der Waals surface area contributed by atoms with Crippen LogP contribution in [0.1, 0.15) is 44.0 Å². The summed E-state index contributed by atoms with van der Waals surface area (Å²) in [4.78, 5) is 50.9. The number of carbonyl (C=O) groups excluding carboxylic acids is 4. The van der Waals surface area contributed by atoms with Crippen molar-refractivity contribution in [1.29, 1.82) is 0 Å². The molecular weight excluding hydrogens is 362 g/mol. The Morgan fingerprint density at radius 3 is 2.43 bits per heavy atom. The van der Waals surface area contributed by atoms with Gasteiger partial charge in [-0.3, -0.25) is 14.4 Å². The maximum Gasteiger partial charge on any atom is 0.409 e. The largest absolute Gasteiger partial charge is 0.450 e. The number of hydrogen-bond donors (Lipinski definition) is 1. The number of amides is 3. The molecule has 1 aromatic carbocycles. The number of piperidine rings is 1. The summed E-state index contributed by atoms with van der Waals surface area (Å²) in [5.41, 5.74) is 1.02. The van der Waals surface area contributed by atoms with Gasteiger partial charge in [-0.15, -0.1) is 0 Å². The van der Waals surface area contributed by atoms with Gasteiger partial charge in [0.15, 0.2) is 5.78 Å². The van der Waals surface area contributed by atoms with Crippen molar-refractivity contribution in [2.45, 2.75) is 39.7 Å². The molecule has 1 aromatic rings. The number of ketones is 1. The second kappa shape index (κ2) is 9.87.